The van der Waals surface area contributed by atoms with E-state index in [9.17, 15) is 4.79 Å². The monoisotopic (exact) mass is 571 g/mol. The molecule has 7 nitrogen and oxygen atoms in total. The van der Waals surface area contributed by atoms with Gasteiger partial charge in [0.05, 0.1) is 0 Å². The normalized spacial score (nSPS) is 14.2. The predicted octanol–water partition coefficient (Wildman–Crippen LogP) is 6.41. The van der Waals surface area contributed by atoms with Crippen LogP contribution in [-0.2, 0) is 5.54 Å². The molecule has 0 saturated heterocycles. The fraction of sp³-hybridized carbons (Fsp3) is 0.394. The third kappa shape index (κ3) is 4.78. The van der Waals surface area contributed by atoms with Gasteiger partial charge in [-0.25, -0.2) is 5.01 Å². The van der Waals surface area contributed by atoms with E-state index in [4.69, 9.17) is 17.0 Å². The highest BCUT2D eigenvalue weighted by Crippen LogP contribution is 2.57. The number of hydrogen-bond acceptors (Lipinski definition) is 5. The summed E-state index contributed by atoms with van der Waals surface area (Å²) < 4.78 is 6.74. The molecule has 1 amide bonds. The van der Waals surface area contributed by atoms with Gasteiger partial charge in [0.2, 0.25) is 0 Å². The summed E-state index contributed by atoms with van der Waals surface area (Å²) in [4.78, 5) is 18.8. The van der Waals surface area contributed by atoms with Gasteiger partial charge < -0.3 is 19.9 Å². The maximum atomic E-state index is 14.2. The van der Waals surface area contributed by atoms with E-state index >= 15 is 0 Å². The molecular formula is C33H41N5O2S. The molecule has 0 aliphatic carbocycles. The minimum Gasteiger partial charge on any atom is -0.456 e. The number of benzene rings is 3. The SMILES string of the molecule is CCCCNC(=S)NN1C(=O)c2ccccc2C12c1ccc(N(CC)CC)cc1Oc1cc(N(CC)CC)ccc12. The van der Waals surface area contributed by atoms with Crippen molar-refractivity contribution in [1.82, 2.24) is 15.8 Å². The lowest BCUT2D eigenvalue weighted by Gasteiger charge is -2.44. The van der Waals surface area contributed by atoms with Gasteiger partial charge in [0, 0.05) is 78.5 Å². The van der Waals surface area contributed by atoms with Gasteiger partial charge in [0.15, 0.2) is 5.11 Å². The first-order valence-corrected chi connectivity index (χ1v) is 15.3. The fourth-order valence-electron chi connectivity index (χ4n) is 6.19. The van der Waals surface area contributed by atoms with Gasteiger partial charge in [-0.3, -0.25) is 10.2 Å². The zero-order valence-corrected chi connectivity index (χ0v) is 25.6. The number of rotatable bonds is 10. The predicted molar refractivity (Wildman–Crippen MR) is 171 cm³/mol. The number of unbranched alkanes of at least 4 members (excludes halogenated alkanes) is 1. The highest BCUT2D eigenvalue weighted by atomic mass is 32.1. The Balaban J connectivity index is 1.76. The third-order valence-corrected chi connectivity index (χ3v) is 8.54. The maximum absolute atomic E-state index is 14.2. The van der Waals surface area contributed by atoms with Gasteiger partial charge in [-0.15, -0.1) is 0 Å². The van der Waals surface area contributed by atoms with Crippen LogP contribution in [0.5, 0.6) is 11.5 Å². The number of nitrogens with one attached hydrogen (secondary N) is 2. The van der Waals surface area contributed by atoms with Gasteiger partial charge in [0.1, 0.15) is 17.0 Å². The van der Waals surface area contributed by atoms with E-state index in [-0.39, 0.29) is 5.91 Å². The molecule has 5 rings (SSSR count). The molecule has 0 aromatic heterocycles. The molecule has 8 heteroatoms. The first kappa shape index (κ1) is 28.7. The Morgan fingerprint density at radius 1 is 0.829 bits per heavy atom. The first-order valence-electron chi connectivity index (χ1n) is 14.9. The van der Waals surface area contributed by atoms with Crippen molar-refractivity contribution in [2.45, 2.75) is 53.0 Å². The number of carbonyl (C=O) groups is 1. The lowest BCUT2D eigenvalue weighted by molar-refractivity contribution is 0.0591. The minimum atomic E-state index is -0.976. The van der Waals surface area contributed by atoms with Crippen molar-refractivity contribution in [2.24, 2.45) is 0 Å². The van der Waals surface area contributed by atoms with E-state index in [0.717, 1.165) is 85.1 Å². The van der Waals surface area contributed by atoms with Crippen LogP contribution >= 0.6 is 12.2 Å². The molecular weight excluding hydrogens is 530 g/mol. The van der Waals surface area contributed by atoms with E-state index in [0.29, 0.717) is 10.7 Å². The highest BCUT2D eigenvalue weighted by molar-refractivity contribution is 7.80. The molecule has 0 bridgehead atoms. The average molecular weight is 572 g/mol. The summed E-state index contributed by atoms with van der Waals surface area (Å²) in [5.41, 5.74) is 7.88. The van der Waals surface area contributed by atoms with Crippen molar-refractivity contribution in [1.29, 1.82) is 0 Å². The molecule has 0 fully saturated rings. The number of thiocarbonyl (C=S) groups is 1. The zero-order valence-electron chi connectivity index (χ0n) is 24.8. The van der Waals surface area contributed by atoms with Crippen molar-refractivity contribution in [3.63, 3.8) is 0 Å². The van der Waals surface area contributed by atoms with Crippen LogP contribution in [0.15, 0.2) is 60.7 Å². The Morgan fingerprint density at radius 2 is 1.39 bits per heavy atom. The van der Waals surface area contributed by atoms with Crippen molar-refractivity contribution >= 4 is 34.6 Å². The van der Waals surface area contributed by atoms with E-state index in [1.165, 1.54) is 0 Å². The Hall–Kier alpha value is -3.78. The number of carbonyl (C=O) groups excluding carboxylic acids is 1. The van der Waals surface area contributed by atoms with Gasteiger partial charge in [0.25, 0.3) is 5.91 Å². The van der Waals surface area contributed by atoms with Crippen molar-refractivity contribution < 1.29 is 9.53 Å². The highest BCUT2D eigenvalue weighted by Gasteiger charge is 2.57. The number of nitrogens with zero attached hydrogens (tertiary/aromatic N) is 3. The second kappa shape index (κ2) is 12.0. The molecule has 3 aromatic carbocycles. The van der Waals surface area contributed by atoms with Gasteiger partial charge in [-0.1, -0.05) is 43.7 Å². The summed E-state index contributed by atoms with van der Waals surface area (Å²) in [7, 11) is 0. The summed E-state index contributed by atoms with van der Waals surface area (Å²) in [6.45, 7) is 15.0. The van der Waals surface area contributed by atoms with Crippen LogP contribution in [0, 0.1) is 0 Å². The van der Waals surface area contributed by atoms with Crippen molar-refractivity contribution in [3.8, 4) is 11.5 Å². The fourth-order valence-corrected chi connectivity index (χ4v) is 6.38. The number of hydrogen-bond donors (Lipinski definition) is 2. The van der Waals surface area contributed by atoms with Crippen LogP contribution in [-0.4, -0.2) is 48.8 Å². The summed E-state index contributed by atoms with van der Waals surface area (Å²) in [5.74, 6) is 1.35. The lowest BCUT2D eigenvalue weighted by atomic mass is 9.75. The smallest absolute Gasteiger partial charge is 0.274 e. The summed E-state index contributed by atoms with van der Waals surface area (Å²) in [6, 6.07) is 20.6. The number of anilines is 2. The van der Waals surface area contributed by atoms with E-state index < -0.39 is 5.54 Å². The van der Waals surface area contributed by atoms with Crippen LogP contribution < -0.4 is 25.3 Å². The molecule has 0 atom stereocenters. The number of amides is 1. The molecule has 216 valence electrons. The number of ether oxygens (including phenoxy) is 1. The molecule has 1 spiro atoms. The van der Waals surface area contributed by atoms with E-state index in [1.807, 2.05) is 18.2 Å². The maximum Gasteiger partial charge on any atom is 0.274 e. The van der Waals surface area contributed by atoms with Crippen molar-refractivity contribution in [2.75, 3.05) is 42.5 Å². The van der Waals surface area contributed by atoms with Crippen molar-refractivity contribution in [3.05, 3.63) is 82.9 Å². The first-order chi connectivity index (χ1) is 19.9. The Labute approximate surface area is 249 Å². The summed E-state index contributed by atoms with van der Waals surface area (Å²) in [5, 5.41) is 5.43. The van der Waals surface area contributed by atoms with Gasteiger partial charge in [-0.05, 0) is 64.5 Å². The second-order valence-electron chi connectivity index (χ2n) is 10.4. The standard InChI is InChI=1S/C33H41N5O2S/c1-6-11-20-34-32(41)35-38-31(39)25-14-12-13-15-26(25)33(38)27-18-16-23(36(7-2)8-3)21-29(27)40-30-22-24(17-19-28(30)33)37(9-4)10-5/h12-19,21-22H,6-11,20H2,1-5H3,(H2,34,35,41). The Bertz CT molecular complexity index is 1370. The van der Waals surface area contributed by atoms with Crippen LogP contribution in [0.25, 0.3) is 0 Å². The molecule has 2 aliphatic heterocycles. The molecule has 2 heterocycles. The molecule has 0 radical (unpaired) electrons. The van der Waals surface area contributed by atoms with Crippen LogP contribution in [0.3, 0.4) is 0 Å². The summed E-state index contributed by atoms with van der Waals surface area (Å²) in [6.07, 6.45) is 2.04. The quantitative estimate of drug-likeness (QED) is 0.215. The molecule has 2 N–H and O–H groups in total. The molecule has 0 saturated carbocycles. The molecule has 3 aromatic rings. The average Bonchev–Trinajstić information content (AvgIpc) is 3.22. The molecule has 0 unspecified atom stereocenters. The Kier molecular flexibility index (Phi) is 8.40. The van der Waals surface area contributed by atoms with Crippen LogP contribution in [0.2, 0.25) is 0 Å². The Morgan fingerprint density at radius 3 is 1.93 bits per heavy atom. The van der Waals surface area contributed by atoms with Gasteiger partial charge in [-0.2, -0.15) is 0 Å². The third-order valence-electron chi connectivity index (χ3n) is 8.30. The minimum absolute atomic E-state index is 0.125. The molecule has 2 aliphatic rings. The molecule has 41 heavy (non-hydrogen) atoms. The largest absolute Gasteiger partial charge is 0.456 e. The number of fused-ring (bicyclic) bond motifs is 6. The van der Waals surface area contributed by atoms with Gasteiger partial charge >= 0.3 is 0 Å². The summed E-state index contributed by atoms with van der Waals surface area (Å²) >= 11 is 5.73. The second-order valence-corrected chi connectivity index (χ2v) is 10.8. The van der Waals surface area contributed by atoms with Crippen LogP contribution in [0.1, 0.15) is 74.5 Å². The zero-order chi connectivity index (χ0) is 29.1. The lowest BCUT2D eigenvalue weighted by Crippen LogP contribution is -2.58. The van der Waals surface area contributed by atoms with E-state index in [2.05, 4.69) is 97.6 Å². The van der Waals surface area contributed by atoms with E-state index in [1.54, 1.807) is 5.01 Å². The number of hydrazine groups is 1. The topological polar surface area (TPSA) is 60.1 Å². The van der Waals surface area contributed by atoms with Crippen LogP contribution in [0.4, 0.5) is 11.4 Å².